The number of ether oxygens (including phenoxy) is 1. The van der Waals surface area contributed by atoms with Crippen molar-refractivity contribution in [1.82, 2.24) is 4.90 Å². The van der Waals surface area contributed by atoms with Crippen molar-refractivity contribution in [2.45, 2.75) is 32.6 Å². The van der Waals surface area contributed by atoms with E-state index in [9.17, 15) is 14.4 Å². The van der Waals surface area contributed by atoms with Crippen molar-refractivity contribution in [3.63, 3.8) is 0 Å². The molecule has 1 aromatic carbocycles. The maximum atomic E-state index is 12.5. The third-order valence-electron chi connectivity index (χ3n) is 4.07. The van der Waals surface area contributed by atoms with Crippen LogP contribution >= 0.6 is 0 Å². The van der Waals surface area contributed by atoms with Crippen LogP contribution < -0.4 is 10.1 Å². The number of carbonyl (C=O) groups is 3. The normalized spacial score (nSPS) is 17.0. The number of aliphatic carboxylic acids is 1. The number of piperidine rings is 1. The quantitative estimate of drug-likeness (QED) is 0.787. The molecule has 1 aromatic rings. The topological polar surface area (TPSA) is 95.9 Å². The number of likely N-dealkylation sites (tertiary alicyclic amines) is 1. The Morgan fingerprint density at radius 1 is 1.36 bits per heavy atom. The second-order valence-electron chi connectivity index (χ2n) is 6.13. The molecular formula is C18H24N2O5. The van der Waals surface area contributed by atoms with Crippen LogP contribution in [0.2, 0.25) is 0 Å². The molecule has 1 unspecified atom stereocenters. The van der Waals surface area contributed by atoms with Gasteiger partial charge >= 0.3 is 5.97 Å². The van der Waals surface area contributed by atoms with Gasteiger partial charge in [0.15, 0.2) is 6.61 Å². The van der Waals surface area contributed by atoms with Gasteiger partial charge in [0.2, 0.25) is 11.8 Å². The lowest BCUT2D eigenvalue weighted by Crippen LogP contribution is -2.43. The molecule has 0 saturated carbocycles. The number of carboxylic acids is 1. The predicted octanol–water partition coefficient (Wildman–Crippen LogP) is 2.13. The summed E-state index contributed by atoms with van der Waals surface area (Å²) in [6.45, 7) is 2.68. The van der Waals surface area contributed by atoms with Crippen molar-refractivity contribution in [3.05, 3.63) is 24.3 Å². The van der Waals surface area contributed by atoms with Crippen LogP contribution in [0.25, 0.3) is 0 Å². The molecule has 0 bridgehead atoms. The minimum absolute atomic E-state index is 0.101. The number of carboxylic acid groups (broad SMARTS) is 1. The van der Waals surface area contributed by atoms with Gasteiger partial charge in [-0.1, -0.05) is 13.0 Å². The summed E-state index contributed by atoms with van der Waals surface area (Å²) < 4.78 is 5.11. The molecule has 1 heterocycles. The Bertz CT molecular complexity index is 632. The smallest absolute Gasteiger partial charge is 0.341 e. The first-order chi connectivity index (χ1) is 12.0. The van der Waals surface area contributed by atoms with Gasteiger partial charge in [-0.2, -0.15) is 0 Å². The average Bonchev–Trinajstić information content (AvgIpc) is 2.60. The van der Waals surface area contributed by atoms with Gasteiger partial charge in [0.1, 0.15) is 5.75 Å². The predicted molar refractivity (Wildman–Crippen MR) is 92.4 cm³/mol. The van der Waals surface area contributed by atoms with E-state index in [1.807, 2.05) is 6.92 Å². The molecule has 7 heteroatoms. The van der Waals surface area contributed by atoms with Crippen LogP contribution in [0, 0.1) is 5.92 Å². The summed E-state index contributed by atoms with van der Waals surface area (Å²) in [6, 6.07) is 6.62. The molecular weight excluding hydrogens is 324 g/mol. The number of rotatable bonds is 7. The van der Waals surface area contributed by atoms with Crippen LogP contribution in [-0.2, 0) is 14.4 Å². The Kier molecular flexibility index (Phi) is 6.80. The van der Waals surface area contributed by atoms with Gasteiger partial charge < -0.3 is 20.1 Å². The maximum absolute atomic E-state index is 12.5. The van der Waals surface area contributed by atoms with E-state index in [2.05, 4.69) is 5.32 Å². The standard InChI is InChI=1S/C18H24N2O5/c1-2-5-16(21)20-9-4-6-13(11-20)18(24)19-14-7-3-8-15(10-14)25-12-17(22)23/h3,7-8,10,13H,2,4-6,9,11-12H2,1H3,(H,19,24)(H,22,23). The Balaban J connectivity index is 1.93. The van der Waals surface area contributed by atoms with Crippen LogP contribution in [0.3, 0.4) is 0 Å². The van der Waals surface area contributed by atoms with Gasteiger partial charge in [-0.3, -0.25) is 9.59 Å². The first-order valence-electron chi connectivity index (χ1n) is 8.53. The lowest BCUT2D eigenvalue weighted by molar-refractivity contribution is -0.139. The molecule has 25 heavy (non-hydrogen) atoms. The molecule has 1 atom stereocenters. The molecule has 136 valence electrons. The van der Waals surface area contributed by atoms with E-state index < -0.39 is 12.6 Å². The van der Waals surface area contributed by atoms with Crippen molar-refractivity contribution in [3.8, 4) is 5.75 Å². The highest BCUT2D eigenvalue weighted by Crippen LogP contribution is 2.22. The molecule has 1 aliphatic rings. The lowest BCUT2D eigenvalue weighted by Gasteiger charge is -2.32. The van der Waals surface area contributed by atoms with Crippen LogP contribution in [0.15, 0.2) is 24.3 Å². The molecule has 2 amide bonds. The van der Waals surface area contributed by atoms with Gasteiger partial charge in [0.05, 0.1) is 5.92 Å². The zero-order valence-corrected chi connectivity index (χ0v) is 14.4. The molecule has 2 rings (SSSR count). The number of anilines is 1. The fourth-order valence-electron chi connectivity index (χ4n) is 2.84. The van der Waals surface area contributed by atoms with E-state index in [-0.39, 0.29) is 17.7 Å². The van der Waals surface area contributed by atoms with Gasteiger partial charge in [-0.15, -0.1) is 0 Å². The second kappa shape index (κ2) is 9.05. The molecule has 0 aromatic heterocycles. The summed E-state index contributed by atoms with van der Waals surface area (Å²) in [5.74, 6) is -0.955. The van der Waals surface area contributed by atoms with Crippen LogP contribution in [0.5, 0.6) is 5.75 Å². The first kappa shape index (κ1) is 18.8. The third kappa shape index (κ3) is 5.77. The van der Waals surface area contributed by atoms with Crippen molar-refractivity contribution < 1.29 is 24.2 Å². The van der Waals surface area contributed by atoms with E-state index in [1.54, 1.807) is 29.2 Å². The van der Waals surface area contributed by atoms with E-state index in [1.165, 1.54) is 0 Å². The highest BCUT2D eigenvalue weighted by atomic mass is 16.5. The minimum Gasteiger partial charge on any atom is -0.482 e. The number of amides is 2. The van der Waals surface area contributed by atoms with Crippen molar-refractivity contribution in [1.29, 1.82) is 0 Å². The van der Waals surface area contributed by atoms with Gasteiger partial charge in [0.25, 0.3) is 0 Å². The SMILES string of the molecule is CCCC(=O)N1CCCC(C(=O)Nc2cccc(OCC(=O)O)c2)C1. The molecule has 0 aliphatic carbocycles. The van der Waals surface area contributed by atoms with Gasteiger partial charge in [-0.25, -0.2) is 4.79 Å². The Morgan fingerprint density at radius 2 is 2.16 bits per heavy atom. The largest absolute Gasteiger partial charge is 0.482 e. The summed E-state index contributed by atoms with van der Waals surface area (Å²) in [7, 11) is 0. The number of carbonyl (C=O) groups excluding carboxylic acids is 2. The molecule has 1 fully saturated rings. The number of nitrogens with one attached hydrogen (secondary N) is 1. The summed E-state index contributed by atoms with van der Waals surface area (Å²) in [5.41, 5.74) is 0.546. The van der Waals surface area contributed by atoms with Gasteiger partial charge in [0, 0.05) is 31.3 Å². The Morgan fingerprint density at radius 3 is 2.88 bits per heavy atom. The highest BCUT2D eigenvalue weighted by Gasteiger charge is 2.28. The number of benzene rings is 1. The molecule has 1 saturated heterocycles. The number of hydrogen-bond acceptors (Lipinski definition) is 4. The summed E-state index contributed by atoms with van der Waals surface area (Å²) in [4.78, 5) is 36.8. The lowest BCUT2D eigenvalue weighted by atomic mass is 9.96. The molecule has 2 N–H and O–H groups in total. The van der Waals surface area contributed by atoms with E-state index in [0.717, 1.165) is 19.3 Å². The van der Waals surface area contributed by atoms with Crippen molar-refractivity contribution in [2.24, 2.45) is 5.92 Å². The van der Waals surface area contributed by atoms with E-state index in [0.29, 0.717) is 30.9 Å². The minimum atomic E-state index is -1.06. The number of hydrogen-bond donors (Lipinski definition) is 2. The third-order valence-corrected chi connectivity index (χ3v) is 4.07. The average molecular weight is 348 g/mol. The van der Waals surface area contributed by atoms with Crippen LogP contribution in [0.1, 0.15) is 32.6 Å². The fourth-order valence-corrected chi connectivity index (χ4v) is 2.84. The van der Waals surface area contributed by atoms with Crippen molar-refractivity contribution in [2.75, 3.05) is 25.0 Å². The second-order valence-corrected chi connectivity index (χ2v) is 6.13. The summed E-state index contributed by atoms with van der Waals surface area (Å²) >= 11 is 0. The summed E-state index contributed by atoms with van der Waals surface area (Å²) in [5, 5.41) is 11.5. The molecule has 7 nitrogen and oxygen atoms in total. The van der Waals surface area contributed by atoms with Crippen molar-refractivity contribution >= 4 is 23.5 Å². The van der Waals surface area contributed by atoms with E-state index in [4.69, 9.17) is 9.84 Å². The highest BCUT2D eigenvalue weighted by molar-refractivity contribution is 5.93. The number of nitrogens with zero attached hydrogens (tertiary/aromatic N) is 1. The molecule has 1 aliphatic heterocycles. The fraction of sp³-hybridized carbons (Fsp3) is 0.500. The van der Waals surface area contributed by atoms with Gasteiger partial charge in [-0.05, 0) is 31.4 Å². The maximum Gasteiger partial charge on any atom is 0.341 e. The molecule has 0 radical (unpaired) electrons. The Labute approximate surface area is 147 Å². The van der Waals surface area contributed by atoms with Crippen LogP contribution in [0.4, 0.5) is 5.69 Å². The Hall–Kier alpha value is -2.57. The zero-order valence-electron chi connectivity index (χ0n) is 14.4. The monoisotopic (exact) mass is 348 g/mol. The first-order valence-corrected chi connectivity index (χ1v) is 8.53. The van der Waals surface area contributed by atoms with Crippen LogP contribution in [-0.4, -0.2) is 47.5 Å². The zero-order chi connectivity index (χ0) is 18.2. The summed E-state index contributed by atoms with van der Waals surface area (Å²) in [6.07, 6.45) is 2.87. The molecule has 0 spiro atoms. The van der Waals surface area contributed by atoms with E-state index >= 15 is 0 Å².